The lowest BCUT2D eigenvalue weighted by atomic mass is 10.2. The normalized spacial score (nSPS) is 12.0. The molecule has 0 spiro atoms. The highest BCUT2D eigenvalue weighted by Gasteiger charge is 2.13. The van der Waals surface area contributed by atoms with Crippen LogP contribution in [0.3, 0.4) is 0 Å². The maximum Gasteiger partial charge on any atom is 0.289 e. The lowest BCUT2D eigenvalue weighted by Crippen LogP contribution is -2.11. The van der Waals surface area contributed by atoms with Crippen molar-refractivity contribution in [1.82, 2.24) is 4.57 Å². The van der Waals surface area contributed by atoms with E-state index in [1.807, 2.05) is 18.6 Å². The number of carbonyl (C=O) groups is 1. The molecule has 0 saturated carbocycles. The third-order valence-corrected chi connectivity index (χ3v) is 4.83. The first-order valence-corrected chi connectivity index (χ1v) is 7.61. The Bertz CT molecular complexity index is 920. The van der Waals surface area contributed by atoms with E-state index in [0.717, 1.165) is 4.70 Å². The van der Waals surface area contributed by atoms with Gasteiger partial charge in [-0.1, -0.05) is 0 Å². The highest BCUT2D eigenvalue weighted by molar-refractivity contribution is 7.20. The molecule has 0 atom stereocenters. The lowest BCUT2D eigenvalue weighted by Gasteiger charge is -1.89. The number of fused-ring (bicyclic) bond motifs is 1. The van der Waals surface area contributed by atoms with Crippen LogP contribution in [0.2, 0.25) is 0 Å². The minimum Gasteiger partial charge on any atom is -0.327 e. The van der Waals surface area contributed by atoms with Crippen molar-refractivity contribution in [1.29, 1.82) is 0 Å². The van der Waals surface area contributed by atoms with Crippen molar-refractivity contribution in [2.45, 2.75) is 0 Å². The number of benzene rings is 1. The zero-order valence-electron chi connectivity index (χ0n) is 10.8. The second-order valence-electron chi connectivity index (χ2n) is 4.30. The smallest absolute Gasteiger partial charge is 0.289 e. The van der Waals surface area contributed by atoms with Crippen LogP contribution >= 0.6 is 22.7 Å². The first-order chi connectivity index (χ1) is 10.0. The largest absolute Gasteiger partial charge is 0.327 e. The molecule has 0 unspecified atom stereocenters. The average Bonchev–Trinajstić information content (AvgIpc) is 3.04. The lowest BCUT2D eigenvalue weighted by molar-refractivity contribution is -0.384. The molecule has 1 amide bonds. The number of rotatable bonds is 2. The van der Waals surface area contributed by atoms with Crippen LogP contribution in [-0.2, 0) is 7.05 Å². The Balaban J connectivity index is 2.03. The molecule has 0 saturated heterocycles. The number of hydrogen-bond donors (Lipinski definition) is 0. The number of hydrogen-bond acceptors (Lipinski definition) is 5. The van der Waals surface area contributed by atoms with E-state index in [4.69, 9.17) is 0 Å². The van der Waals surface area contributed by atoms with Gasteiger partial charge in [-0.25, -0.2) is 0 Å². The van der Waals surface area contributed by atoms with E-state index in [2.05, 4.69) is 4.99 Å². The number of aromatic nitrogens is 1. The zero-order chi connectivity index (χ0) is 15.0. The van der Waals surface area contributed by atoms with E-state index in [-0.39, 0.29) is 11.6 Å². The molecule has 0 aliphatic heterocycles. The predicted molar refractivity (Wildman–Crippen MR) is 81.7 cm³/mol. The van der Waals surface area contributed by atoms with Gasteiger partial charge in [0.2, 0.25) is 0 Å². The van der Waals surface area contributed by atoms with Crippen LogP contribution < -0.4 is 4.80 Å². The molecule has 21 heavy (non-hydrogen) atoms. The fourth-order valence-electron chi connectivity index (χ4n) is 1.83. The molecular formula is C13H9N3O3S2. The van der Waals surface area contributed by atoms with Gasteiger partial charge in [-0.05, 0) is 12.1 Å². The molecule has 3 rings (SSSR count). The summed E-state index contributed by atoms with van der Waals surface area (Å²) < 4.78 is 2.59. The van der Waals surface area contributed by atoms with E-state index < -0.39 is 4.92 Å². The maximum atomic E-state index is 12.2. The summed E-state index contributed by atoms with van der Waals surface area (Å²) in [5, 5.41) is 13.3. The summed E-state index contributed by atoms with van der Waals surface area (Å²) in [5.74, 6) is -0.336. The molecule has 8 heteroatoms. The van der Waals surface area contributed by atoms with E-state index in [9.17, 15) is 14.9 Å². The molecule has 1 aromatic carbocycles. The Morgan fingerprint density at radius 1 is 1.38 bits per heavy atom. The number of thiazole rings is 1. The van der Waals surface area contributed by atoms with Gasteiger partial charge in [-0.3, -0.25) is 14.9 Å². The second kappa shape index (κ2) is 5.23. The summed E-state index contributed by atoms with van der Waals surface area (Å²) in [7, 11) is 1.82. The Hall–Kier alpha value is -2.32. The third kappa shape index (κ3) is 2.63. The summed E-state index contributed by atoms with van der Waals surface area (Å²) in [5.41, 5.74) is 0.0147. The molecular weight excluding hydrogens is 310 g/mol. The average molecular weight is 319 g/mol. The highest BCUT2D eigenvalue weighted by atomic mass is 32.1. The van der Waals surface area contributed by atoms with Crippen molar-refractivity contribution in [3.8, 4) is 0 Å². The molecule has 0 bridgehead atoms. The number of aryl methyl sites for hydroxylation is 1. The number of amides is 1. The quantitative estimate of drug-likeness (QED) is 0.538. The van der Waals surface area contributed by atoms with Crippen molar-refractivity contribution in [2.24, 2.45) is 12.0 Å². The number of thiophene rings is 1. The summed E-state index contributed by atoms with van der Waals surface area (Å²) in [6.45, 7) is 0. The Morgan fingerprint density at radius 3 is 2.86 bits per heavy atom. The van der Waals surface area contributed by atoms with Crippen molar-refractivity contribution >= 4 is 44.4 Å². The number of nitro groups is 1. The predicted octanol–water partition coefficient (Wildman–Crippen LogP) is 2.95. The van der Waals surface area contributed by atoms with Crippen LogP contribution in [0.15, 0.2) is 40.8 Å². The first-order valence-electron chi connectivity index (χ1n) is 5.92. The van der Waals surface area contributed by atoms with Crippen molar-refractivity contribution in [3.63, 3.8) is 0 Å². The van der Waals surface area contributed by atoms with Crippen molar-refractivity contribution < 1.29 is 9.72 Å². The molecule has 2 heterocycles. The third-order valence-electron chi connectivity index (χ3n) is 2.88. The standard InChI is InChI=1S/C13H9N3O3S2/c1-15-4-5-20-13(15)14-12(17)11-7-8-6-9(16(18)19)2-3-10(8)21-11/h2-7H,1H3. The molecule has 106 valence electrons. The minimum absolute atomic E-state index is 0.0147. The molecule has 6 nitrogen and oxygen atoms in total. The van der Waals surface area contributed by atoms with E-state index in [0.29, 0.717) is 15.1 Å². The summed E-state index contributed by atoms with van der Waals surface area (Å²) in [6.07, 6.45) is 1.82. The van der Waals surface area contributed by atoms with Gasteiger partial charge in [0, 0.05) is 40.8 Å². The Morgan fingerprint density at radius 2 is 2.19 bits per heavy atom. The Kier molecular flexibility index (Phi) is 3.40. The van der Waals surface area contributed by atoms with Crippen LogP contribution in [0.25, 0.3) is 10.1 Å². The number of nitrogens with zero attached hydrogens (tertiary/aromatic N) is 3. The second-order valence-corrected chi connectivity index (χ2v) is 6.26. The van der Waals surface area contributed by atoms with E-state index in [1.165, 1.54) is 34.8 Å². The molecule has 0 N–H and O–H groups in total. The van der Waals surface area contributed by atoms with Crippen LogP contribution in [0.1, 0.15) is 9.67 Å². The number of nitro benzene ring substituents is 1. The fourth-order valence-corrected chi connectivity index (χ4v) is 3.48. The van der Waals surface area contributed by atoms with Gasteiger partial charge >= 0.3 is 0 Å². The van der Waals surface area contributed by atoms with E-state index >= 15 is 0 Å². The monoisotopic (exact) mass is 319 g/mol. The molecule has 3 aromatic rings. The summed E-state index contributed by atoms with van der Waals surface area (Å²) >= 11 is 2.66. The van der Waals surface area contributed by atoms with Gasteiger partial charge < -0.3 is 4.57 Å². The number of carbonyl (C=O) groups excluding carboxylic acids is 1. The van der Waals surface area contributed by atoms with Gasteiger partial charge in [0.15, 0.2) is 4.80 Å². The summed E-state index contributed by atoms with van der Waals surface area (Å²) in [4.78, 5) is 27.6. The first kappa shape index (κ1) is 13.7. The van der Waals surface area contributed by atoms with Gasteiger partial charge in [0.25, 0.3) is 11.6 Å². The molecule has 0 aliphatic rings. The van der Waals surface area contributed by atoms with Crippen LogP contribution in [0.4, 0.5) is 5.69 Å². The summed E-state index contributed by atoms with van der Waals surface area (Å²) in [6, 6.07) is 6.20. The maximum absolute atomic E-state index is 12.2. The van der Waals surface area contributed by atoms with E-state index in [1.54, 1.807) is 16.7 Å². The zero-order valence-corrected chi connectivity index (χ0v) is 12.5. The number of non-ortho nitro benzene ring substituents is 1. The SMILES string of the molecule is Cn1ccsc1=NC(=O)c1cc2cc([N+](=O)[O-])ccc2s1. The molecule has 2 aromatic heterocycles. The Labute approximate surface area is 126 Å². The van der Waals surface area contributed by atoms with Gasteiger partial charge in [0.1, 0.15) is 0 Å². The van der Waals surface area contributed by atoms with Crippen molar-refractivity contribution in [3.05, 3.63) is 55.6 Å². The fraction of sp³-hybridized carbons (Fsp3) is 0.0769. The topological polar surface area (TPSA) is 77.5 Å². The minimum atomic E-state index is -0.450. The molecule has 0 radical (unpaired) electrons. The van der Waals surface area contributed by atoms with Crippen LogP contribution in [0.5, 0.6) is 0 Å². The van der Waals surface area contributed by atoms with Gasteiger partial charge in [-0.2, -0.15) is 4.99 Å². The van der Waals surface area contributed by atoms with Crippen LogP contribution in [-0.4, -0.2) is 15.4 Å². The highest BCUT2D eigenvalue weighted by Crippen LogP contribution is 2.29. The van der Waals surface area contributed by atoms with Gasteiger partial charge in [0.05, 0.1) is 9.80 Å². The molecule has 0 fully saturated rings. The van der Waals surface area contributed by atoms with Gasteiger partial charge in [-0.15, -0.1) is 22.7 Å². The van der Waals surface area contributed by atoms with Crippen molar-refractivity contribution in [2.75, 3.05) is 0 Å². The van der Waals surface area contributed by atoms with Crippen LogP contribution in [0, 0.1) is 10.1 Å². The molecule has 0 aliphatic carbocycles.